The van der Waals surface area contributed by atoms with Gasteiger partial charge in [0, 0.05) is 37.7 Å². The maximum atomic E-state index is 12.6. The van der Waals surface area contributed by atoms with Crippen LogP contribution in [0.25, 0.3) is 0 Å². The summed E-state index contributed by atoms with van der Waals surface area (Å²) in [7, 11) is 1.46. The second-order valence-electron chi connectivity index (χ2n) is 8.92. The van der Waals surface area contributed by atoms with E-state index in [1.165, 1.54) is 19.2 Å². The Morgan fingerprint density at radius 1 is 1.15 bits per heavy atom. The fourth-order valence-electron chi connectivity index (χ4n) is 4.19. The summed E-state index contributed by atoms with van der Waals surface area (Å²) >= 11 is 6.05. The van der Waals surface area contributed by atoms with Crippen molar-refractivity contribution in [3.05, 3.63) is 58.6 Å². The number of unbranched alkanes of at least 4 members (excludes halogenated alkanes) is 2. The van der Waals surface area contributed by atoms with Crippen molar-refractivity contribution in [2.75, 3.05) is 39.0 Å². The monoisotopic (exact) mass is 487 g/mol. The van der Waals surface area contributed by atoms with Gasteiger partial charge in [-0.1, -0.05) is 48.4 Å². The predicted molar refractivity (Wildman–Crippen MR) is 135 cm³/mol. The first-order valence-corrected chi connectivity index (χ1v) is 12.1. The summed E-state index contributed by atoms with van der Waals surface area (Å²) in [6.45, 7) is 2.65. The Labute approximate surface area is 206 Å². The SMILES string of the molecule is COc1cc(N)c(Cl)cc1C(=O)NCC1(O)CCN(CCCCCC(=O)c2ccccc2)CC1. The summed E-state index contributed by atoms with van der Waals surface area (Å²) in [6, 6.07) is 12.4. The van der Waals surface area contributed by atoms with Crippen LogP contribution >= 0.6 is 11.6 Å². The molecular weight excluding hydrogens is 454 g/mol. The maximum absolute atomic E-state index is 12.6. The third-order valence-corrected chi connectivity index (χ3v) is 6.73. The van der Waals surface area contributed by atoms with E-state index in [0.29, 0.717) is 30.7 Å². The molecule has 1 aliphatic heterocycles. The quantitative estimate of drug-likeness (QED) is 0.252. The van der Waals surface area contributed by atoms with Crippen molar-refractivity contribution in [2.24, 2.45) is 0 Å². The van der Waals surface area contributed by atoms with E-state index in [-0.39, 0.29) is 28.8 Å². The number of nitrogens with one attached hydrogen (secondary N) is 1. The van der Waals surface area contributed by atoms with Crippen LogP contribution in [-0.4, -0.2) is 60.6 Å². The highest BCUT2D eigenvalue weighted by molar-refractivity contribution is 6.33. The minimum Gasteiger partial charge on any atom is -0.496 e. The number of amides is 1. The molecule has 0 aromatic heterocycles. The highest BCUT2D eigenvalue weighted by atomic mass is 35.5. The number of hydrogen-bond donors (Lipinski definition) is 3. The van der Waals surface area contributed by atoms with Gasteiger partial charge in [0.05, 0.1) is 29.0 Å². The molecule has 1 fully saturated rings. The van der Waals surface area contributed by atoms with Crippen molar-refractivity contribution in [2.45, 2.75) is 44.1 Å². The number of nitrogens with two attached hydrogens (primary N) is 1. The molecule has 1 heterocycles. The highest BCUT2D eigenvalue weighted by Gasteiger charge is 2.32. The van der Waals surface area contributed by atoms with Crippen LogP contribution in [0, 0.1) is 0 Å². The van der Waals surface area contributed by atoms with Gasteiger partial charge in [-0.25, -0.2) is 0 Å². The molecule has 0 radical (unpaired) electrons. The molecule has 1 saturated heterocycles. The lowest BCUT2D eigenvalue weighted by Gasteiger charge is -2.38. The zero-order chi connectivity index (χ0) is 24.6. The Kier molecular flexibility index (Phi) is 9.33. The molecule has 0 bridgehead atoms. The van der Waals surface area contributed by atoms with Crippen LogP contribution in [0.5, 0.6) is 5.75 Å². The molecule has 0 spiro atoms. The zero-order valence-corrected chi connectivity index (χ0v) is 20.4. The number of carbonyl (C=O) groups excluding carboxylic acids is 2. The van der Waals surface area contributed by atoms with Gasteiger partial charge in [-0.05, 0) is 38.3 Å². The Hall–Kier alpha value is -2.61. The van der Waals surface area contributed by atoms with E-state index in [1.807, 2.05) is 30.3 Å². The summed E-state index contributed by atoms with van der Waals surface area (Å²) < 4.78 is 5.24. The summed E-state index contributed by atoms with van der Waals surface area (Å²) in [5.41, 5.74) is 6.23. The van der Waals surface area contributed by atoms with E-state index in [9.17, 15) is 14.7 Å². The first-order chi connectivity index (χ1) is 16.3. The van der Waals surface area contributed by atoms with E-state index < -0.39 is 5.60 Å². The number of ketones is 1. The van der Waals surface area contributed by atoms with Gasteiger partial charge in [0.15, 0.2) is 5.78 Å². The number of hydrogen-bond acceptors (Lipinski definition) is 6. The molecule has 2 aromatic carbocycles. The second kappa shape index (κ2) is 12.2. The molecule has 2 aromatic rings. The summed E-state index contributed by atoms with van der Waals surface area (Å²) in [6.07, 6.45) is 4.65. The van der Waals surface area contributed by atoms with Crippen LogP contribution in [0.15, 0.2) is 42.5 Å². The number of methoxy groups -OCH3 is 1. The van der Waals surface area contributed by atoms with Crippen molar-refractivity contribution >= 4 is 29.0 Å². The third-order valence-electron chi connectivity index (χ3n) is 6.40. The van der Waals surface area contributed by atoms with Crippen LogP contribution in [-0.2, 0) is 0 Å². The molecule has 184 valence electrons. The summed E-state index contributed by atoms with van der Waals surface area (Å²) in [5.74, 6) is 0.177. The first-order valence-electron chi connectivity index (χ1n) is 11.8. The first kappa shape index (κ1) is 26.0. The van der Waals surface area contributed by atoms with Crippen LogP contribution in [0.4, 0.5) is 5.69 Å². The number of anilines is 1. The van der Waals surface area contributed by atoms with E-state index in [4.69, 9.17) is 22.1 Å². The van der Waals surface area contributed by atoms with E-state index in [1.54, 1.807) is 0 Å². The molecule has 8 heteroatoms. The van der Waals surface area contributed by atoms with Gasteiger partial charge in [0.2, 0.25) is 0 Å². The number of likely N-dealkylation sites (tertiary alicyclic amines) is 1. The predicted octanol–water partition coefficient (Wildman–Crippen LogP) is 3.93. The lowest BCUT2D eigenvalue weighted by Crippen LogP contribution is -2.51. The number of benzene rings is 2. The highest BCUT2D eigenvalue weighted by Crippen LogP contribution is 2.29. The van der Waals surface area contributed by atoms with Crippen molar-refractivity contribution in [3.8, 4) is 5.75 Å². The van der Waals surface area contributed by atoms with Gasteiger partial charge >= 0.3 is 0 Å². The van der Waals surface area contributed by atoms with E-state index in [2.05, 4.69) is 10.2 Å². The number of nitrogen functional groups attached to an aromatic ring is 1. The number of Topliss-reactive ketones (excluding diaryl/α,β-unsaturated/α-hetero) is 1. The van der Waals surface area contributed by atoms with E-state index in [0.717, 1.165) is 44.5 Å². The van der Waals surface area contributed by atoms with Gasteiger partial charge in [-0.2, -0.15) is 0 Å². The fourth-order valence-corrected chi connectivity index (χ4v) is 4.35. The average Bonchev–Trinajstić information content (AvgIpc) is 2.85. The van der Waals surface area contributed by atoms with Crippen LogP contribution in [0.3, 0.4) is 0 Å². The lowest BCUT2D eigenvalue weighted by atomic mass is 9.91. The van der Waals surface area contributed by atoms with Crippen molar-refractivity contribution in [1.82, 2.24) is 10.2 Å². The van der Waals surface area contributed by atoms with Gasteiger partial charge in [-0.15, -0.1) is 0 Å². The topological polar surface area (TPSA) is 105 Å². The van der Waals surface area contributed by atoms with Gasteiger partial charge < -0.3 is 25.8 Å². The minimum absolute atomic E-state index is 0.159. The third kappa shape index (κ3) is 7.19. The Balaban J connectivity index is 1.36. The number of piperidine rings is 1. The molecule has 0 unspecified atom stereocenters. The van der Waals surface area contributed by atoms with Gasteiger partial charge in [-0.3, -0.25) is 9.59 Å². The Morgan fingerprint density at radius 2 is 1.85 bits per heavy atom. The largest absolute Gasteiger partial charge is 0.496 e. The van der Waals surface area contributed by atoms with Crippen LogP contribution in [0.1, 0.15) is 59.2 Å². The van der Waals surface area contributed by atoms with Gasteiger partial charge in [0.1, 0.15) is 5.75 Å². The minimum atomic E-state index is -0.945. The number of ether oxygens (including phenoxy) is 1. The van der Waals surface area contributed by atoms with Crippen LogP contribution < -0.4 is 15.8 Å². The van der Waals surface area contributed by atoms with Crippen LogP contribution in [0.2, 0.25) is 5.02 Å². The molecule has 3 rings (SSSR count). The standard InChI is InChI=1S/C26H34ClN3O4/c1-34-24-17-22(28)21(27)16-20(24)25(32)29-18-26(33)11-14-30(15-12-26)13-7-3-6-10-23(31)19-8-4-2-5-9-19/h2,4-5,8-9,16-17,33H,3,6-7,10-15,18,28H2,1H3,(H,29,32). The molecule has 1 aliphatic rings. The molecule has 34 heavy (non-hydrogen) atoms. The average molecular weight is 488 g/mol. The zero-order valence-electron chi connectivity index (χ0n) is 19.7. The maximum Gasteiger partial charge on any atom is 0.255 e. The molecular formula is C26H34ClN3O4. The van der Waals surface area contributed by atoms with Gasteiger partial charge in [0.25, 0.3) is 5.91 Å². The number of rotatable bonds is 11. The fraction of sp³-hybridized carbons (Fsp3) is 0.462. The molecule has 7 nitrogen and oxygen atoms in total. The Bertz CT molecular complexity index is 976. The summed E-state index contributed by atoms with van der Waals surface area (Å²) in [5, 5.41) is 14.0. The number of carbonyl (C=O) groups is 2. The summed E-state index contributed by atoms with van der Waals surface area (Å²) in [4.78, 5) is 27.1. The Morgan fingerprint density at radius 3 is 2.53 bits per heavy atom. The molecule has 0 atom stereocenters. The van der Waals surface area contributed by atoms with E-state index >= 15 is 0 Å². The molecule has 1 amide bonds. The number of halogens is 1. The van der Waals surface area contributed by atoms with Crippen molar-refractivity contribution in [3.63, 3.8) is 0 Å². The molecule has 0 aliphatic carbocycles. The molecule has 0 saturated carbocycles. The molecule has 4 N–H and O–H groups in total. The second-order valence-corrected chi connectivity index (χ2v) is 9.33. The number of aliphatic hydroxyl groups is 1. The van der Waals surface area contributed by atoms with Crippen molar-refractivity contribution in [1.29, 1.82) is 0 Å². The normalized spacial score (nSPS) is 15.6. The van der Waals surface area contributed by atoms with Crippen molar-refractivity contribution < 1.29 is 19.4 Å². The lowest BCUT2D eigenvalue weighted by molar-refractivity contribution is -0.0192. The number of nitrogens with zero attached hydrogens (tertiary/aromatic N) is 1. The smallest absolute Gasteiger partial charge is 0.255 e.